The SMILES string of the molecule is Cc1c(-c2nc(Nc3cnc4c(c3)CN(C)CC4)nc3c2CCNC3)cnc2c1N(C)CCO2. The molecular formula is C25H30N8O. The highest BCUT2D eigenvalue weighted by molar-refractivity contribution is 5.77. The molecule has 6 rings (SSSR count). The largest absolute Gasteiger partial charge is 0.474 e. The summed E-state index contributed by atoms with van der Waals surface area (Å²) in [5.74, 6) is 1.29. The van der Waals surface area contributed by atoms with Crippen molar-refractivity contribution in [1.82, 2.24) is 30.2 Å². The fourth-order valence-electron chi connectivity index (χ4n) is 5.16. The van der Waals surface area contributed by atoms with Crippen molar-refractivity contribution >= 4 is 17.3 Å². The first kappa shape index (κ1) is 21.2. The Labute approximate surface area is 199 Å². The molecule has 0 aromatic carbocycles. The number of ether oxygens (including phenoxy) is 1. The number of fused-ring (bicyclic) bond motifs is 3. The number of hydrogen-bond acceptors (Lipinski definition) is 9. The van der Waals surface area contributed by atoms with Gasteiger partial charge in [-0.25, -0.2) is 15.0 Å². The predicted molar refractivity (Wildman–Crippen MR) is 132 cm³/mol. The molecule has 0 saturated heterocycles. The smallest absolute Gasteiger partial charge is 0.237 e. The average molecular weight is 459 g/mol. The van der Waals surface area contributed by atoms with Gasteiger partial charge < -0.3 is 25.2 Å². The molecule has 0 aliphatic carbocycles. The quantitative estimate of drug-likeness (QED) is 0.614. The first-order chi connectivity index (χ1) is 16.6. The third kappa shape index (κ3) is 3.74. The zero-order chi connectivity index (χ0) is 23.2. The van der Waals surface area contributed by atoms with Crippen LogP contribution in [0.2, 0.25) is 0 Å². The topological polar surface area (TPSA) is 91.3 Å². The first-order valence-corrected chi connectivity index (χ1v) is 11.9. The average Bonchev–Trinajstić information content (AvgIpc) is 2.84. The van der Waals surface area contributed by atoms with Gasteiger partial charge in [-0.2, -0.15) is 0 Å². The van der Waals surface area contributed by atoms with Crippen LogP contribution in [-0.2, 0) is 25.9 Å². The lowest BCUT2D eigenvalue weighted by Crippen LogP contribution is -2.30. The van der Waals surface area contributed by atoms with Crippen molar-refractivity contribution < 1.29 is 4.74 Å². The molecular weight excluding hydrogens is 428 g/mol. The van der Waals surface area contributed by atoms with Crippen molar-refractivity contribution in [2.75, 3.05) is 50.6 Å². The number of hydrogen-bond donors (Lipinski definition) is 2. The molecule has 176 valence electrons. The molecule has 3 aromatic rings. The Morgan fingerprint density at radius 3 is 2.88 bits per heavy atom. The molecule has 0 spiro atoms. The second-order valence-electron chi connectivity index (χ2n) is 9.41. The van der Waals surface area contributed by atoms with Crippen LogP contribution < -0.4 is 20.3 Å². The van der Waals surface area contributed by atoms with Crippen LogP contribution in [0.4, 0.5) is 17.3 Å². The van der Waals surface area contributed by atoms with E-state index in [1.807, 2.05) is 12.4 Å². The molecule has 0 fully saturated rings. The lowest BCUT2D eigenvalue weighted by molar-refractivity contribution is 0.298. The van der Waals surface area contributed by atoms with Crippen molar-refractivity contribution in [2.24, 2.45) is 0 Å². The highest BCUT2D eigenvalue weighted by Gasteiger charge is 2.25. The predicted octanol–water partition coefficient (Wildman–Crippen LogP) is 2.45. The van der Waals surface area contributed by atoms with Crippen molar-refractivity contribution in [3.05, 3.63) is 46.5 Å². The minimum atomic E-state index is 0.588. The van der Waals surface area contributed by atoms with E-state index in [-0.39, 0.29) is 0 Å². The summed E-state index contributed by atoms with van der Waals surface area (Å²) < 4.78 is 5.82. The highest BCUT2D eigenvalue weighted by Crippen LogP contribution is 2.39. The summed E-state index contributed by atoms with van der Waals surface area (Å²) in [7, 11) is 4.24. The fraction of sp³-hybridized carbons (Fsp3) is 0.440. The van der Waals surface area contributed by atoms with Crippen LogP contribution in [0, 0.1) is 6.92 Å². The molecule has 0 bridgehead atoms. The van der Waals surface area contributed by atoms with E-state index in [9.17, 15) is 0 Å². The number of nitrogens with zero attached hydrogens (tertiary/aromatic N) is 6. The van der Waals surface area contributed by atoms with E-state index >= 15 is 0 Å². The normalized spacial score (nSPS) is 17.4. The van der Waals surface area contributed by atoms with Gasteiger partial charge in [0.15, 0.2) is 0 Å². The Balaban J connectivity index is 1.41. The molecule has 0 saturated carbocycles. The van der Waals surface area contributed by atoms with Crippen LogP contribution >= 0.6 is 0 Å². The maximum atomic E-state index is 5.82. The number of anilines is 3. The van der Waals surface area contributed by atoms with E-state index in [1.165, 1.54) is 16.8 Å². The number of rotatable bonds is 3. The first-order valence-electron chi connectivity index (χ1n) is 11.9. The van der Waals surface area contributed by atoms with Crippen LogP contribution in [0.15, 0.2) is 18.5 Å². The summed E-state index contributed by atoms with van der Waals surface area (Å²) in [6.07, 6.45) is 5.67. The molecule has 9 nitrogen and oxygen atoms in total. The minimum absolute atomic E-state index is 0.588. The number of aromatic nitrogens is 4. The summed E-state index contributed by atoms with van der Waals surface area (Å²) in [6.45, 7) is 7.24. The summed E-state index contributed by atoms with van der Waals surface area (Å²) in [6, 6.07) is 2.18. The molecule has 2 N–H and O–H groups in total. The van der Waals surface area contributed by atoms with Crippen molar-refractivity contribution in [2.45, 2.75) is 32.9 Å². The molecule has 3 aromatic heterocycles. The zero-order valence-corrected chi connectivity index (χ0v) is 20.0. The minimum Gasteiger partial charge on any atom is -0.474 e. The lowest BCUT2D eigenvalue weighted by Gasteiger charge is -2.29. The number of pyridine rings is 2. The van der Waals surface area contributed by atoms with E-state index in [0.29, 0.717) is 18.4 Å². The molecule has 0 amide bonds. The van der Waals surface area contributed by atoms with Crippen LogP contribution in [0.1, 0.15) is 28.1 Å². The van der Waals surface area contributed by atoms with Crippen molar-refractivity contribution in [3.63, 3.8) is 0 Å². The number of likely N-dealkylation sites (N-methyl/N-ethyl adjacent to an activating group) is 2. The van der Waals surface area contributed by atoms with Gasteiger partial charge in [-0.05, 0) is 44.1 Å². The fourth-order valence-corrected chi connectivity index (χ4v) is 5.16. The van der Waals surface area contributed by atoms with Gasteiger partial charge >= 0.3 is 0 Å². The highest BCUT2D eigenvalue weighted by atomic mass is 16.5. The van der Waals surface area contributed by atoms with Crippen LogP contribution in [0.25, 0.3) is 11.3 Å². The Hall–Kier alpha value is -3.30. The molecule has 0 unspecified atom stereocenters. The summed E-state index contributed by atoms with van der Waals surface area (Å²) >= 11 is 0. The monoisotopic (exact) mass is 458 g/mol. The Morgan fingerprint density at radius 2 is 1.97 bits per heavy atom. The summed E-state index contributed by atoms with van der Waals surface area (Å²) in [5, 5.41) is 6.88. The van der Waals surface area contributed by atoms with Crippen molar-refractivity contribution in [1.29, 1.82) is 0 Å². The third-order valence-electron chi connectivity index (χ3n) is 7.00. The second kappa shape index (κ2) is 8.48. The van der Waals surface area contributed by atoms with Gasteiger partial charge in [-0.3, -0.25) is 4.98 Å². The van der Waals surface area contributed by atoms with E-state index < -0.39 is 0 Å². The van der Waals surface area contributed by atoms with Crippen LogP contribution in [0.3, 0.4) is 0 Å². The maximum absolute atomic E-state index is 5.82. The van der Waals surface area contributed by atoms with E-state index in [4.69, 9.17) is 19.7 Å². The number of nitrogens with one attached hydrogen (secondary N) is 2. The molecule has 0 radical (unpaired) electrons. The molecule has 9 heteroatoms. The maximum Gasteiger partial charge on any atom is 0.237 e. The Morgan fingerprint density at radius 1 is 1.06 bits per heavy atom. The second-order valence-corrected chi connectivity index (χ2v) is 9.41. The van der Waals surface area contributed by atoms with Gasteiger partial charge in [-0.15, -0.1) is 0 Å². The molecule has 3 aliphatic rings. The van der Waals surface area contributed by atoms with Gasteiger partial charge in [0.25, 0.3) is 0 Å². The van der Waals surface area contributed by atoms with Gasteiger partial charge in [0.05, 0.1) is 29.8 Å². The zero-order valence-electron chi connectivity index (χ0n) is 20.0. The van der Waals surface area contributed by atoms with Crippen LogP contribution in [0.5, 0.6) is 5.88 Å². The van der Waals surface area contributed by atoms with Crippen molar-refractivity contribution in [3.8, 4) is 17.1 Å². The van der Waals surface area contributed by atoms with Gasteiger partial charge in [0, 0.05) is 56.1 Å². The van der Waals surface area contributed by atoms with Gasteiger partial charge in [0.1, 0.15) is 12.3 Å². The summed E-state index contributed by atoms with van der Waals surface area (Å²) in [5.41, 5.74) is 9.75. The Bertz CT molecular complexity index is 1260. The van der Waals surface area contributed by atoms with E-state index in [2.05, 4.69) is 52.5 Å². The van der Waals surface area contributed by atoms with E-state index in [0.717, 1.165) is 79.5 Å². The molecule has 6 heterocycles. The summed E-state index contributed by atoms with van der Waals surface area (Å²) in [4.78, 5) is 23.8. The molecule has 0 atom stereocenters. The van der Waals surface area contributed by atoms with Gasteiger partial charge in [-0.1, -0.05) is 0 Å². The van der Waals surface area contributed by atoms with Gasteiger partial charge in [0.2, 0.25) is 11.8 Å². The molecule has 3 aliphatic heterocycles. The van der Waals surface area contributed by atoms with Crippen LogP contribution in [-0.4, -0.2) is 65.2 Å². The third-order valence-corrected chi connectivity index (χ3v) is 7.00. The molecule has 34 heavy (non-hydrogen) atoms. The Kier molecular flexibility index (Phi) is 5.30. The lowest BCUT2D eigenvalue weighted by atomic mass is 9.97. The van der Waals surface area contributed by atoms with E-state index in [1.54, 1.807) is 0 Å². The standard InChI is InChI=1S/C25H30N8O/c1-15-19(12-28-24-23(15)33(3)8-9-34-24)22-18-4-6-26-13-21(18)30-25(31-22)29-17-10-16-14-32(2)7-5-20(16)27-11-17/h10-12,26H,4-9,13-14H2,1-3H3,(H,29,30,31).